The molecule has 126 valence electrons. The zero-order chi connectivity index (χ0) is 17.6. The number of halogens is 2. The van der Waals surface area contributed by atoms with Crippen LogP contribution in [0.2, 0.25) is 0 Å². The van der Waals surface area contributed by atoms with Gasteiger partial charge in [0.15, 0.2) is 11.2 Å². The summed E-state index contributed by atoms with van der Waals surface area (Å²) in [6.07, 6.45) is 0. The SMILES string of the molecule is Cn1c(=O)c2c(nc(C(Br)C(Br)c3ccccc3)n2C)n(C)c1=O. The molecule has 8 heteroatoms. The van der Waals surface area contributed by atoms with Crippen LogP contribution in [0.1, 0.15) is 21.0 Å². The summed E-state index contributed by atoms with van der Waals surface area (Å²) in [5.41, 5.74) is 1.15. The van der Waals surface area contributed by atoms with Crippen LogP contribution in [0, 0.1) is 0 Å². The van der Waals surface area contributed by atoms with E-state index in [0.29, 0.717) is 17.0 Å². The predicted molar refractivity (Wildman–Crippen MR) is 101 cm³/mol. The third kappa shape index (κ3) is 2.57. The van der Waals surface area contributed by atoms with Crippen LogP contribution in [0.4, 0.5) is 0 Å². The second kappa shape index (κ2) is 6.33. The number of imidazole rings is 1. The minimum atomic E-state index is -0.387. The van der Waals surface area contributed by atoms with Crippen molar-refractivity contribution in [3.63, 3.8) is 0 Å². The van der Waals surface area contributed by atoms with Crippen LogP contribution < -0.4 is 11.2 Å². The fourth-order valence-corrected chi connectivity index (χ4v) is 3.98. The monoisotopic (exact) mass is 454 g/mol. The van der Waals surface area contributed by atoms with Crippen molar-refractivity contribution in [1.29, 1.82) is 0 Å². The Labute approximate surface area is 155 Å². The van der Waals surface area contributed by atoms with Gasteiger partial charge in [0.1, 0.15) is 5.82 Å². The highest BCUT2D eigenvalue weighted by Gasteiger charge is 2.26. The Balaban J connectivity index is 2.19. The van der Waals surface area contributed by atoms with E-state index >= 15 is 0 Å². The summed E-state index contributed by atoms with van der Waals surface area (Å²) in [6.45, 7) is 0. The number of hydrogen-bond acceptors (Lipinski definition) is 3. The van der Waals surface area contributed by atoms with E-state index in [-0.39, 0.29) is 20.9 Å². The van der Waals surface area contributed by atoms with Crippen LogP contribution in [0.5, 0.6) is 0 Å². The van der Waals surface area contributed by atoms with Gasteiger partial charge in [-0.05, 0) is 5.56 Å². The summed E-state index contributed by atoms with van der Waals surface area (Å²) in [7, 11) is 4.88. The van der Waals surface area contributed by atoms with Gasteiger partial charge in [0.25, 0.3) is 5.56 Å². The third-order valence-electron chi connectivity index (χ3n) is 4.13. The van der Waals surface area contributed by atoms with E-state index in [2.05, 4.69) is 36.8 Å². The van der Waals surface area contributed by atoms with Gasteiger partial charge >= 0.3 is 5.69 Å². The van der Waals surface area contributed by atoms with Gasteiger partial charge in [-0.15, -0.1) is 0 Å². The minimum absolute atomic E-state index is 0.0323. The van der Waals surface area contributed by atoms with Crippen molar-refractivity contribution in [1.82, 2.24) is 18.7 Å². The van der Waals surface area contributed by atoms with Gasteiger partial charge in [0, 0.05) is 21.1 Å². The van der Waals surface area contributed by atoms with Crippen molar-refractivity contribution in [2.24, 2.45) is 21.1 Å². The molecule has 0 radical (unpaired) electrons. The van der Waals surface area contributed by atoms with E-state index in [1.807, 2.05) is 30.3 Å². The van der Waals surface area contributed by atoms with Crippen LogP contribution in [0.3, 0.4) is 0 Å². The van der Waals surface area contributed by atoms with Gasteiger partial charge in [-0.2, -0.15) is 0 Å². The van der Waals surface area contributed by atoms with Crippen LogP contribution in [0.25, 0.3) is 11.2 Å². The lowest BCUT2D eigenvalue weighted by molar-refractivity contribution is 0.705. The molecule has 0 fully saturated rings. The van der Waals surface area contributed by atoms with E-state index in [1.165, 1.54) is 11.6 Å². The summed E-state index contributed by atoms with van der Waals surface area (Å²) in [5, 5.41) is 0. The van der Waals surface area contributed by atoms with E-state index in [0.717, 1.165) is 10.1 Å². The van der Waals surface area contributed by atoms with Crippen molar-refractivity contribution in [3.8, 4) is 0 Å². The standard InChI is InChI=1S/C16H16Br2N4O2/c1-20-12-14(21(2)16(24)22(3)15(12)23)19-13(20)11(18)10(17)9-7-5-4-6-8-9/h4-8,10-11H,1-3H3. The molecule has 3 rings (SSSR count). The fraction of sp³-hybridized carbons (Fsp3) is 0.312. The number of benzene rings is 1. The highest BCUT2D eigenvalue weighted by molar-refractivity contribution is 9.12. The first-order chi connectivity index (χ1) is 11.3. The molecule has 2 unspecified atom stereocenters. The summed E-state index contributed by atoms with van der Waals surface area (Å²) in [6, 6.07) is 9.94. The molecule has 0 aliphatic carbocycles. The molecule has 0 saturated heterocycles. The summed E-state index contributed by atoms with van der Waals surface area (Å²) >= 11 is 7.37. The molecule has 0 saturated carbocycles. The van der Waals surface area contributed by atoms with Crippen molar-refractivity contribution < 1.29 is 0 Å². The first-order valence-corrected chi connectivity index (χ1v) is 9.13. The Morgan fingerprint density at radius 1 is 0.917 bits per heavy atom. The molecule has 0 spiro atoms. The molecule has 0 amide bonds. The highest BCUT2D eigenvalue weighted by Crippen LogP contribution is 2.41. The average Bonchev–Trinajstić information content (AvgIpc) is 2.95. The fourth-order valence-electron chi connectivity index (χ4n) is 2.72. The van der Waals surface area contributed by atoms with Gasteiger partial charge in [-0.3, -0.25) is 13.9 Å². The largest absolute Gasteiger partial charge is 0.332 e. The molecule has 6 nitrogen and oxygen atoms in total. The van der Waals surface area contributed by atoms with Crippen LogP contribution in [-0.4, -0.2) is 18.7 Å². The zero-order valence-electron chi connectivity index (χ0n) is 13.4. The molecule has 24 heavy (non-hydrogen) atoms. The van der Waals surface area contributed by atoms with Crippen molar-refractivity contribution in [3.05, 3.63) is 62.6 Å². The molecule has 0 N–H and O–H groups in total. The third-order valence-corrected chi connectivity index (χ3v) is 6.84. The summed E-state index contributed by atoms with van der Waals surface area (Å²) in [4.78, 5) is 28.9. The molecule has 0 bridgehead atoms. The van der Waals surface area contributed by atoms with E-state index in [1.54, 1.807) is 18.7 Å². The molecule has 1 aromatic carbocycles. The zero-order valence-corrected chi connectivity index (χ0v) is 16.6. The number of aromatic nitrogens is 4. The van der Waals surface area contributed by atoms with E-state index < -0.39 is 0 Å². The topological polar surface area (TPSA) is 61.8 Å². The predicted octanol–water partition coefficient (Wildman–Crippen LogP) is 2.54. The second-order valence-corrected chi connectivity index (χ2v) is 7.59. The van der Waals surface area contributed by atoms with Gasteiger partial charge in [-0.25, -0.2) is 9.78 Å². The lowest BCUT2D eigenvalue weighted by atomic mass is 10.1. The van der Waals surface area contributed by atoms with Crippen LogP contribution in [0.15, 0.2) is 39.9 Å². The summed E-state index contributed by atoms with van der Waals surface area (Å²) in [5.74, 6) is 0.675. The second-order valence-electron chi connectivity index (χ2n) is 5.62. The first-order valence-electron chi connectivity index (χ1n) is 7.30. The summed E-state index contributed by atoms with van der Waals surface area (Å²) < 4.78 is 4.24. The molecule has 3 aromatic rings. The maximum absolute atomic E-state index is 12.5. The molecule has 0 aliphatic rings. The first kappa shape index (κ1) is 17.2. The average molecular weight is 456 g/mol. The number of alkyl halides is 2. The quantitative estimate of drug-likeness (QED) is 0.570. The Hall–Kier alpha value is -1.67. The number of hydrogen-bond donors (Lipinski definition) is 0. The van der Waals surface area contributed by atoms with E-state index in [4.69, 9.17) is 0 Å². The van der Waals surface area contributed by atoms with Gasteiger partial charge in [0.2, 0.25) is 0 Å². The van der Waals surface area contributed by atoms with Gasteiger partial charge in [0.05, 0.1) is 9.65 Å². The minimum Gasteiger partial charge on any atom is -0.324 e. The lowest BCUT2D eigenvalue weighted by Crippen LogP contribution is -2.37. The van der Waals surface area contributed by atoms with Crippen molar-refractivity contribution in [2.75, 3.05) is 0 Å². The van der Waals surface area contributed by atoms with Gasteiger partial charge in [-0.1, -0.05) is 62.2 Å². The lowest BCUT2D eigenvalue weighted by Gasteiger charge is -2.16. The van der Waals surface area contributed by atoms with E-state index in [9.17, 15) is 9.59 Å². The van der Waals surface area contributed by atoms with Gasteiger partial charge < -0.3 is 4.57 Å². The Morgan fingerprint density at radius 3 is 2.17 bits per heavy atom. The van der Waals surface area contributed by atoms with Crippen molar-refractivity contribution >= 4 is 43.0 Å². The molecule has 2 heterocycles. The normalized spacial score (nSPS) is 14.0. The Kier molecular flexibility index (Phi) is 4.52. The Morgan fingerprint density at radius 2 is 1.54 bits per heavy atom. The molecule has 2 aromatic heterocycles. The Bertz CT molecular complexity index is 1020. The molecular weight excluding hydrogens is 440 g/mol. The van der Waals surface area contributed by atoms with Crippen LogP contribution >= 0.6 is 31.9 Å². The smallest absolute Gasteiger partial charge is 0.324 e. The molecule has 2 atom stereocenters. The number of rotatable bonds is 3. The maximum Gasteiger partial charge on any atom is 0.332 e. The molecular formula is C16H16Br2N4O2. The maximum atomic E-state index is 12.5. The van der Waals surface area contributed by atoms with Crippen LogP contribution in [-0.2, 0) is 21.1 Å². The highest BCUT2D eigenvalue weighted by atomic mass is 79.9. The molecule has 0 aliphatic heterocycles. The number of aryl methyl sites for hydroxylation is 2. The number of nitrogens with zero attached hydrogens (tertiary/aromatic N) is 4. The van der Waals surface area contributed by atoms with Crippen molar-refractivity contribution in [2.45, 2.75) is 9.65 Å². The number of fused-ring (bicyclic) bond motifs is 1.